The van der Waals surface area contributed by atoms with Crippen molar-refractivity contribution in [1.29, 1.82) is 0 Å². The minimum atomic E-state index is -0.275. The van der Waals surface area contributed by atoms with Gasteiger partial charge in [-0.05, 0) is 25.5 Å². The normalized spacial score (nSPS) is 10.8. The van der Waals surface area contributed by atoms with Gasteiger partial charge in [-0.2, -0.15) is 0 Å². The first kappa shape index (κ1) is 15.8. The van der Waals surface area contributed by atoms with Crippen LogP contribution in [0, 0.1) is 6.92 Å². The molecule has 0 radical (unpaired) electrons. The van der Waals surface area contributed by atoms with Gasteiger partial charge in [0.2, 0.25) is 0 Å². The molecular formula is C15H16N4O2S2. The number of fused-ring (bicyclic) bond motifs is 1. The van der Waals surface area contributed by atoms with E-state index in [0.29, 0.717) is 18.1 Å². The zero-order chi connectivity index (χ0) is 16.1. The molecule has 23 heavy (non-hydrogen) atoms. The molecule has 8 heteroatoms. The maximum atomic E-state index is 11.7. The van der Waals surface area contributed by atoms with Crippen LogP contribution in [0.25, 0.3) is 10.2 Å². The fraction of sp³-hybridized carbons (Fsp3) is 0.267. The summed E-state index contributed by atoms with van der Waals surface area (Å²) in [5.41, 5.74) is 1.04. The Balaban J connectivity index is 1.35. The molecule has 6 nitrogen and oxygen atoms in total. The van der Waals surface area contributed by atoms with Gasteiger partial charge in [-0.3, -0.25) is 5.32 Å². The number of carbonyl (C=O) groups excluding carboxylic acids is 1. The zero-order valence-electron chi connectivity index (χ0n) is 12.5. The van der Waals surface area contributed by atoms with Crippen LogP contribution in [-0.2, 0) is 0 Å². The molecule has 1 aromatic carbocycles. The van der Waals surface area contributed by atoms with Gasteiger partial charge in [0.15, 0.2) is 10.2 Å². The number of nitrogens with one attached hydrogen (secondary N) is 2. The predicted octanol–water partition coefficient (Wildman–Crippen LogP) is 3.90. The number of hydrogen-bond donors (Lipinski definition) is 2. The lowest BCUT2D eigenvalue weighted by atomic mass is 10.3. The van der Waals surface area contributed by atoms with E-state index in [9.17, 15) is 4.79 Å². The van der Waals surface area contributed by atoms with E-state index in [2.05, 4.69) is 26.8 Å². The number of aryl methyl sites for hydroxylation is 1. The first-order valence-corrected chi connectivity index (χ1v) is 8.97. The summed E-state index contributed by atoms with van der Waals surface area (Å²) in [6.45, 7) is 2.37. The smallest absolute Gasteiger partial charge is 0.320 e. The molecule has 0 spiro atoms. The molecule has 2 aromatic heterocycles. The molecule has 2 amide bonds. The van der Waals surface area contributed by atoms with Crippen LogP contribution >= 0.6 is 23.1 Å². The summed E-state index contributed by atoms with van der Waals surface area (Å²) >= 11 is 3.41. The molecule has 0 aliphatic rings. The average Bonchev–Trinajstić information content (AvgIpc) is 3.12. The van der Waals surface area contributed by atoms with E-state index in [4.69, 9.17) is 4.52 Å². The second-order valence-corrected chi connectivity index (χ2v) is 7.23. The largest absolute Gasteiger partial charge is 0.360 e. The molecule has 2 N–H and O–H groups in total. The molecule has 0 saturated heterocycles. The minimum absolute atomic E-state index is 0.275. The van der Waals surface area contributed by atoms with Crippen LogP contribution in [0.15, 0.2) is 39.2 Å². The van der Waals surface area contributed by atoms with Crippen molar-refractivity contribution in [3.63, 3.8) is 0 Å². The summed E-state index contributed by atoms with van der Waals surface area (Å²) in [7, 11) is 0. The Bertz CT molecular complexity index is 766. The topological polar surface area (TPSA) is 80.0 Å². The van der Waals surface area contributed by atoms with Crippen molar-refractivity contribution in [2.24, 2.45) is 0 Å². The highest BCUT2D eigenvalue weighted by molar-refractivity contribution is 8.01. The van der Waals surface area contributed by atoms with Gasteiger partial charge in [-0.25, -0.2) is 9.78 Å². The van der Waals surface area contributed by atoms with Gasteiger partial charge in [-0.15, -0.1) is 11.3 Å². The number of para-hydroxylation sites is 1. The van der Waals surface area contributed by atoms with Crippen molar-refractivity contribution in [1.82, 2.24) is 15.5 Å². The van der Waals surface area contributed by atoms with Crippen LogP contribution in [0.1, 0.15) is 12.2 Å². The van der Waals surface area contributed by atoms with E-state index in [1.54, 1.807) is 36.1 Å². The second-order valence-electron chi connectivity index (χ2n) is 4.85. The van der Waals surface area contributed by atoms with Gasteiger partial charge >= 0.3 is 6.03 Å². The number of carbonyl (C=O) groups is 1. The summed E-state index contributed by atoms with van der Waals surface area (Å²) in [4.78, 5) is 16.2. The fourth-order valence-corrected chi connectivity index (χ4v) is 4.01. The van der Waals surface area contributed by atoms with Crippen molar-refractivity contribution in [3.8, 4) is 0 Å². The lowest BCUT2D eigenvalue weighted by Gasteiger charge is -2.04. The van der Waals surface area contributed by atoms with Crippen LogP contribution in [0.2, 0.25) is 0 Å². The van der Waals surface area contributed by atoms with Gasteiger partial charge < -0.3 is 9.84 Å². The quantitative estimate of drug-likeness (QED) is 0.522. The molecule has 3 rings (SSSR count). The van der Waals surface area contributed by atoms with E-state index >= 15 is 0 Å². The average molecular weight is 348 g/mol. The van der Waals surface area contributed by atoms with Crippen LogP contribution in [0.4, 0.5) is 10.6 Å². The van der Waals surface area contributed by atoms with Gasteiger partial charge in [0.25, 0.3) is 0 Å². The van der Waals surface area contributed by atoms with Crippen molar-refractivity contribution in [2.75, 3.05) is 17.6 Å². The number of urea groups is 1. The summed E-state index contributed by atoms with van der Waals surface area (Å²) < 4.78 is 7.15. The minimum Gasteiger partial charge on any atom is -0.360 e. The number of anilines is 1. The molecule has 0 saturated carbocycles. The SMILES string of the molecule is Cc1cc(NC(=O)NCCCSc2nc3ccccc3s2)no1. The summed E-state index contributed by atoms with van der Waals surface area (Å²) in [5.74, 6) is 1.99. The van der Waals surface area contributed by atoms with Gasteiger partial charge in [-0.1, -0.05) is 29.1 Å². The number of aromatic nitrogens is 2. The van der Waals surface area contributed by atoms with Crippen molar-refractivity contribution >= 4 is 45.2 Å². The van der Waals surface area contributed by atoms with Crippen molar-refractivity contribution in [2.45, 2.75) is 17.7 Å². The van der Waals surface area contributed by atoms with Crippen LogP contribution in [0.3, 0.4) is 0 Å². The molecule has 0 atom stereocenters. The highest BCUT2D eigenvalue weighted by Crippen LogP contribution is 2.29. The number of rotatable bonds is 6. The third-order valence-electron chi connectivity index (χ3n) is 2.98. The van der Waals surface area contributed by atoms with Crippen LogP contribution < -0.4 is 10.6 Å². The monoisotopic (exact) mass is 348 g/mol. The number of hydrogen-bond acceptors (Lipinski definition) is 6. The molecule has 0 bridgehead atoms. The molecule has 3 aromatic rings. The molecule has 0 unspecified atom stereocenters. The summed E-state index contributed by atoms with van der Waals surface area (Å²) in [6, 6.07) is 9.51. The summed E-state index contributed by atoms with van der Waals surface area (Å²) in [5, 5.41) is 9.11. The second kappa shape index (κ2) is 7.47. The first-order valence-electron chi connectivity index (χ1n) is 7.17. The van der Waals surface area contributed by atoms with E-state index in [-0.39, 0.29) is 6.03 Å². The highest BCUT2D eigenvalue weighted by atomic mass is 32.2. The van der Waals surface area contributed by atoms with E-state index < -0.39 is 0 Å². The van der Waals surface area contributed by atoms with Gasteiger partial charge in [0.05, 0.1) is 10.2 Å². The Hall–Kier alpha value is -2.06. The Kier molecular flexibility index (Phi) is 5.14. The molecule has 0 fully saturated rings. The standard InChI is InChI=1S/C15H16N4O2S2/c1-10-9-13(19-21-10)18-14(20)16-7-4-8-22-15-17-11-5-2-3-6-12(11)23-15/h2-3,5-6,9H,4,7-8H2,1H3,(H2,16,18,19,20). The third-order valence-corrected chi connectivity index (χ3v) is 5.24. The lowest BCUT2D eigenvalue weighted by Crippen LogP contribution is -2.29. The van der Waals surface area contributed by atoms with Gasteiger partial charge in [0.1, 0.15) is 5.76 Å². The molecule has 0 aliphatic carbocycles. The maximum Gasteiger partial charge on any atom is 0.320 e. The number of thiazole rings is 1. The van der Waals surface area contributed by atoms with E-state index in [1.165, 1.54) is 4.70 Å². The Labute approximate surface area is 141 Å². The Morgan fingerprint density at radius 1 is 1.39 bits per heavy atom. The third kappa shape index (κ3) is 4.46. The number of nitrogens with zero attached hydrogens (tertiary/aromatic N) is 2. The number of amides is 2. The lowest BCUT2D eigenvalue weighted by molar-refractivity contribution is 0.252. The first-order chi connectivity index (χ1) is 11.2. The molecular weight excluding hydrogens is 332 g/mol. The molecule has 2 heterocycles. The molecule has 0 aliphatic heterocycles. The van der Waals surface area contributed by atoms with Crippen LogP contribution in [0.5, 0.6) is 0 Å². The fourth-order valence-electron chi connectivity index (χ4n) is 1.93. The number of thioether (sulfide) groups is 1. The summed E-state index contributed by atoms with van der Waals surface area (Å²) in [6.07, 6.45) is 0.867. The van der Waals surface area contributed by atoms with Crippen LogP contribution in [-0.4, -0.2) is 28.5 Å². The highest BCUT2D eigenvalue weighted by Gasteiger charge is 2.06. The van der Waals surface area contributed by atoms with E-state index in [0.717, 1.165) is 22.0 Å². The van der Waals surface area contributed by atoms with Crippen molar-refractivity contribution < 1.29 is 9.32 Å². The van der Waals surface area contributed by atoms with Crippen molar-refractivity contribution in [3.05, 3.63) is 36.1 Å². The molecule has 120 valence electrons. The predicted molar refractivity (Wildman–Crippen MR) is 93.2 cm³/mol. The van der Waals surface area contributed by atoms with Gasteiger partial charge in [0, 0.05) is 18.4 Å². The Morgan fingerprint density at radius 2 is 2.26 bits per heavy atom. The zero-order valence-corrected chi connectivity index (χ0v) is 14.2. The number of benzene rings is 1. The van der Waals surface area contributed by atoms with E-state index in [1.807, 2.05) is 18.2 Å². The maximum absolute atomic E-state index is 11.7. The Morgan fingerprint density at radius 3 is 3.04 bits per heavy atom.